The molecule has 2 aromatic rings. The first kappa shape index (κ1) is 21.3. The molecule has 5 nitrogen and oxygen atoms in total. The molecule has 5 heteroatoms. The number of amides is 1. The van der Waals surface area contributed by atoms with Gasteiger partial charge in [-0.25, -0.2) is 0 Å². The highest BCUT2D eigenvalue weighted by Crippen LogP contribution is 2.27. The van der Waals surface area contributed by atoms with Crippen LogP contribution in [0.25, 0.3) is 0 Å². The molecule has 0 radical (unpaired) electrons. The fourth-order valence-electron chi connectivity index (χ4n) is 3.95. The first-order valence-corrected chi connectivity index (χ1v) is 10.6. The van der Waals surface area contributed by atoms with Crippen molar-refractivity contribution in [3.8, 4) is 11.5 Å². The van der Waals surface area contributed by atoms with Crippen LogP contribution in [0.2, 0.25) is 0 Å². The zero-order valence-electron chi connectivity index (χ0n) is 16.9. The Morgan fingerprint density at radius 3 is 2.55 bits per heavy atom. The van der Waals surface area contributed by atoms with Crippen molar-refractivity contribution in [2.75, 3.05) is 6.54 Å². The van der Waals surface area contributed by atoms with Gasteiger partial charge in [-0.1, -0.05) is 62.4 Å². The Labute approximate surface area is 173 Å². The van der Waals surface area contributed by atoms with Crippen molar-refractivity contribution in [3.63, 3.8) is 0 Å². The van der Waals surface area contributed by atoms with E-state index < -0.39 is 12.1 Å². The van der Waals surface area contributed by atoms with Crippen LogP contribution in [0.3, 0.4) is 0 Å². The summed E-state index contributed by atoms with van der Waals surface area (Å²) < 4.78 is 5.84. The third-order valence-corrected chi connectivity index (χ3v) is 5.59. The van der Waals surface area contributed by atoms with Crippen molar-refractivity contribution in [1.29, 1.82) is 0 Å². The summed E-state index contributed by atoms with van der Waals surface area (Å²) in [5.41, 5.74) is 7.15. The van der Waals surface area contributed by atoms with E-state index in [-0.39, 0.29) is 5.91 Å². The van der Waals surface area contributed by atoms with Gasteiger partial charge in [0.05, 0.1) is 0 Å². The van der Waals surface area contributed by atoms with Gasteiger partial charge in [0, 0.05) is 12.6 Å². The molecule has 29 heavy (non-hydrogen) atoms. The van der Waals surface area contributed by atoms with E-state index >= 15 is 0 Å². The van der Waals surface area contributed by atoms with E-state index in [2.05, 4.69) is 5.32 Å². The van der Waals surface area contributed by atoms with Gasteiger partial charge in [-0.2, -0.15) is 0 Å². The molecule has 1 aliphatic rings. The topological polar surface area (TPSA) is 84.6 Å². The van der Waals surface area contributed by atoms with Gasteiger partial charge in [0.25, 0.3) is 0 Å². The van der Waals surface area contributed by atoms with E-state index in [1.165, 1.54) is 19.3 Å². The molecule has 0 aliphatic heterocycles. The molecule has 2 atom stereocenters. The number of aliphatic hydroxyl groups excluding tert-OH is 1. The van der Waals surface area contributed by atoms with Gasteiger partial charge in [-0.05, 0) is 48.6 Å². The molecule has 0 saturated heterocycles. The van der Waals surface area contributed by atoms with Gasteiger partial charge >= 0.3 is 0 Å². The summed E-state index contributed by atoms with van der Waals surface area (Å²) in [6.45, 7) is 0.445. The molecule has 0 aromatic heterocycles. The lowest BCUT2D eigenvalue weighted by atomic mass is 9.84. The maximum atomic E-state index is 12.3. The maximum absolute atomic E-state index is 12.3. The van der Waals surface area contributed by atoms with E-state index in [0.29, 0.717) is 25.3 Å². The quantitative estimate of drug-likeness (QED) is 0.602. The lowest BCUT2D eigenvalue weighted by Crippen LogP contribution is -2.47. The molecule has 1 aliphatic carbocycles. The molecule has 4 N–H and O–H groups in total. The van der Waals surface area contributed by atoms with Crippen LogP contribution >= 0.6 is 0 Å². The monoisotopic (exact) mass is 396 g/mol. The maximum Gasteiger partial charge on any atom is 0.250 e. The van der Waals surface area contributed by atoms with Crippen LogP contribution in [-0.4, -0.2) is 29.7 Å². The standard InChI is InChI=1S/C24H32N2O3/c25-22(17-18-8-3-1-4-9-18)23(27)24(28)26-15-14-19-10-7-13-21(16-19)29-20-11-5-2-6-12-20/h2,5-7,10-13,16,18,22-23,27H,1,3-4,8-9,14-15,17,25H2,(H,26,28)/t22-,23?/m1/s1. The fourth-order valence-corrected chi connectivity index (χ4v) is 3.95. The summed E-state index contributed by atoms with van der Waals surface area (Å²) in [6.07, 6.45) is 6.28. The Kier molecular flexibility index (Phi) is 8.08. The molecule has 1 fully saturated rings. The minimum absolute atomic E-state index is 0.384. The van der Waals surface area contributed by atoms with E-state index in [0.717, 1.165) is 29.9 Å². The molecule has 1 saturated carbocycles. The second-order valence-electron chi connectivity index (χ2n) is 7.95. The predicted molar refractivity (Wildman–Crippen MR) is 115 cm³/mol. The SMILES string of the molecule is N[C@H](CC1CCCCC1)C(O)C(=O)NCCc1cccc(Oc2ccccc2)c1. The molecular weight excluding hydrogens is 364 g/mol. The first-order valence-electron chi connectivity index (χ1n) is 10.6. The normalized spacial score (nSPS) is 16.8. The van der Waals surface area contributed by atoms with Gasteiger partial charge in [0.15, 0.2) is 0 Å². The van der Waals surface area contributed by atoms with Crippen LogP contribution in [0.4, 0.5) is 0 Å². The average molecular weight is 397 g/mol. The number of rotatable bonds is 9. The van der Waals surface area contributed by atoms with Gasteiger partial charge in [0.1, 0.15) is 17.6 Å². The van der Waals surface area contributed by atoms with Crippen LogP contribution in [0.1, 0.15) is 44.1 Å². The van der Waals surface area contributed by atoms with Crippen LogP contribution in [0, 0.1) is 5.92 Å². The summed E-state index contributed by atoms with van der Waals surface area (Å²) in [5, 5.41) is 13.1. The molecule has 3 rings (SSSR count). The van der Waals surface area contributed by atoms with Crippen molar-refractivity contribution in [3.05, 3.63) is 60.2 Å². The summed E-state index contributed by atoms with van der Waals surface area (Å²) in [5.74, 6) is 1.70. The summed E-state index contributed by atoms with van der Waals surface area (Å²) >= 11 is 0. The number of carbonyl (C=O) groups excluding carboxylic acids is 1. The number of carbonyl (C=O) groups is 1. The second kappa shape index (κ2) is 11.0. The van der Waals surface area contributed by atoms with Crippen LogP contribution in [-0.2, 0) is 11.2 Å². The predicted octanol–water partition coefficient (Wildman–Crippen LogP) is 3.80. The van der Waals surface area contributed by atoms with Gasteiger partial charge in [0.2, 0.25) is 5.91 Å². The lowest BCUT2D eigenvalue weighted by Gasteiger charge is -2.26. The Balaban J connectivity index is 1.42. The third kappa shape index (κ3) is 6.87. The Bertz CT molecular complexity index is 760. The van der Waals surface area contributed by atoms with Gasteiger partial charge in [-0.15, -0.1) is 0 Å². The fraction of sp³-hybridized carbons (Fsp3) is 0.458. The smallest absolute Gasteiger partial charge is 0.250 e. The largest absolute Gasteiger partial charge is 0.457 e. The number of para-hydroxylation sites is 1. The molecule has 0 heterocycles. The molecule has 1 unspecified atom stereocenters. The van der Waals surface area contributed by atoms with Crippen LogP contribution in [0.5, 0.6) is 11.5 Å². The van der Waals surface area contributed by atoms with E-state index in [4.69, 9.17) is 10.5 Å². The zero-order valence-corrected chi connectivity index (χ0v) is 16.9. The van der Waals surface area contributed by atoms with Crippen molar-refractivity contribution >= 4 is 5.91 Å². The highest BCUT2D eigenvalue weighted by atomic mass is 16.5. The average Bonchev–Trinajstić information content (AvgIpc) is 2.75. The molecule has 2 aromatic carbocycles. The van der Waals surface area contributed by atoms with Crippen molar-refractivity contribution in [1.82, 2.24) is 5.32 Å². The number of nitrogens with one attached hydrogen (secondary N) is 1. The summed E-state index contributed by atoms with van der Waals surface area (Å²) in [6, 6.07) is 16.9. The molecular formula is C24H32N2O3. The highest BCUT2D eigenvalue weighted by Gasteiger charge is 2.26. The molecule has 0 bridgehead atoms. The molecule has 156 valence electrons. The lowest BCUT2D eigenvalue weighted by molar-refractivity contribution is -0.130. The third-order valence-electron chi connectivity index (χ3n) is 5.59. The Hall–Kier alpha value is -2.37. The minimum Gasteiger partial charge on any atom is -0.457 e. The van der Waals surface area contributed by atoms with Gasteiger partial charge in [-0.3, -0.25) is 4.79 Å². The summed E-state index contributed by atoms with van der Waals surface area (Å²) in [7, 11) is 0. The van der Waals surface area contributed by atoms with E-state index in [1.54, 1.807) is 0 Å². The van der Waals surface area contributed by atoms with E-state index in [9.17, 15) is 9.90 Å². The van der Waals surface area contributed by atoms with Gasteiger partial charge < -0.3 is 20.9 Å². The number of ether oxygens (including phenoxy) is 1. The first-order chi connectivity index (χ1) is 14.1. The van der Waals surface area contributed by atoms with Crippen molar-refractivity contribution < 1.29 is 14.6 Å². The Morgan fingerprint density at radius 2 is 1.79 bits per heavy atom. The Morgan fingerprint density at radius 1 is 1.07 bits per heavy atom. The number of benzene rings is 2. The van der Waals surface area contributed by atoms with Crippen molar-refractivity contribution in [2.24, 2.45) is 11.7 Å². The van der Waals surface area contributed by atoms with Crippen molar-refractivity contribution in [2.45, 2.75) is 57.1 Å². The summed E-state index contributed by atoms with van der Waals surface area (Å²) in [4.78, 5) is 12.3. The number of hydrogen-bond acceptors (Lipinski definition) is 4. The van der Waals surface area contributed by atoms with Crippen LogP contribution in [0.15, 0.2) is 54.6 Å². The minimum atomic E-state index is -1.15. The number of nitrogens with two attached hydrogens (primary N) is 1. The number of hydrogen-bond donors (Lipinski definition) is 3. The molecule has 0 spiro atoms. The molecule has 1 amide bonds. The number of aliphatic hydroxyl groups is 1. The van der Waals surface area contributed by atoms with Crippen LogP contribution < -0.4 is 15.8 Å². The highest BCUT2D eigenvalue weighted by molar-refractivity contribution is 5.81. The zero-order chi connectivity index (χ0) is 20.5. The van der Waals surface area contributed by atoms with E-state index in [1.807, 2.05) is 54.6 Å². The second-order valence-corrected chi connectivity index (χ2v) is 7.95.